The van der Waals surface area contributed by atoms with Gasteiger partial charge in [-0.3, -0.25) is 4.79 Å². The minimum atomic E-state index is -0.0954. The average molecular weight is 325 g/mol. The third-order valence-corrected chi connectivity index (χ3v) is 4.29. The number of hydrogen-bond donors (Lipinski definition) is 2. The van der Waals surface area contributed by atoms with Crippen molar-refractivity contribution in [2.75, 3.05) is 19.0 Å². The van der Waals surface area contributed by atoms with Gasteiger partial charge in [-0.2, -0.15) is 0 Å². The number of ether oxygens (including phenoxy) is 1. The summed E-state index contributed by atoms with van der Waals surface area (Å²) in [6, 6.07) is 7.86. The van der Waals surface area contributed by atoms with Crippen molar-refractivity contribution in [3.8, 4) is 5.75 Å². The summed E-state index contributed by atoms with van der Waals surface area (Å²) < 4.78 is 5.09. The Kier molecular flexibility index (Phi) is 5.22. The summed E-state index contributed by atoms with van der Waals surface area (Å²) in [5, 5.41) is 8.10. The smallest absolute Gasteiger partial charge is 0.265 e. The number of hydrogen-bond acceptors (Lipinski definition) is 4. The Morgan fingerprint density at radius 1 is 1.33 bits per heavy atom. The molecule has 4 nitrogen and oxygen atoms in total. The van der Waals surface area contributed by atoms with Crippen LogP contribution >= 0.6 is 23.7 Å². The van der Waals surface area contributed by atoms with Crippen LogP contribution in [0.4, 0.5) is 5.69 Å². The largest absolute Gasteiger partial charge is 0.496 e. The Bertz CT molecular complexity index is 642. The molecule has 1 aliphatic heterocycles. The number of anilines is 1. The highest BCUT2D eigenvalue weighted by Crippen LogP contribution is 2.23. The molecular formula is C15H17ClN2O2S. The normalized spacial score (nSPS) is 13.0. The van der Waals surface area contributed by atoms with Gasteiger partial charge in [0.15, 0.2) is 0 Å². The van der Waals surface area contributed by atoms with Gasteiger partial charge in [0.25, 0.3) is 5.91 Å². The average Bonchev–Trinajstić information content (AvgIpc) is 2.96. The molecule has 0 atom stereocenters. The number of amides is 1. The van der Waals surface area contributed by atoms with Crippen molar-refractivity contribution >= 4 is 35.3 Å². The summed E-state index contributed by atoms with van der Waals surface area (Å²) in [4.78, 5) is 12.8. The topological polar surface area (TPSA) is 50.4 Å². The summed E-state index contributed by atoms with van der Waals surface area (Å²) in [6.45, 7) is 1.89. The van der Waals surface area contributed by atoms with Gasteiger partial charge in [-0.25, -0.2) is 0 Å². The number of benzene rings is 1. The maximum Gasteiger partial charge on any atom is 0.265 e. The highest BCUT2D eigenvalue weighted by molar-refractivity contribution is 7.12. The van der Waals surface area contributed by atoms with Gasteiger partial charge in [-0.1, -0.05) is 6.07 Å². The molecular weight excluding hydrogens is 308 g/mol. The van der Waals surface area contributed by atoms with Crippen molar-refractivity contribution in [1.29, 1.82) is 0 Å². The first kappa shape index (κ1) is 15.8. The molecule has 0 saturated heterocycles. The van der Waals surface area contributed by atoms with E-state index in [1.807, 2.05) is 17.5 Å². The number of nitrogens with one attached hydrogen (secondary N) is 2. The second-order valence-corrected chi connectivity index (χ2v) is 5.63. The maximum absolute atomic E-state index is 12.1. The Balaban J connectivity index is 0.00000161. The van der Waals surface area contributed by atoms with Gasteiger partial charge in [0.2, 0.25) is 0 Å². The van der Waals surface area contributed by atoms with Gasteiger partial charge in [0.1, 0.15) is 5.75 Å². The molecule has 0 bridgehead atoms. The van der Waals surface area contributed by atoms with E-state index in [1.54, 1.807) is 13.2 Å². The second kappa shape index (κ2) is 6.93. The molecule has 1 aromatic carbocycles. The molecule has 1 aliphatic rings. The molecule has 6 heteroatoms. The van der Waals surface area contributed by atoms with Crippen molar-refractivity contribution in [2.45, 2.75) is 13.0 Å². The summed E-state index contributed by atoms with van der Waals surface area (Å²) >= 11 is 1.38. The minimum Gasteiger partial charge on any atom is -0.496 e. The zero-order valence-electron chi connectivity index (χ0n) is 11.6. The Morgan fingerprint density at radius 2 is 2.19 bits per heavy atom. The molecule has 2 aromatic rings. The first-order chi connectivity index (χ1) is 9.76. The monoisotopic (exact) mass is 324 g/mol. The lowest BCUT2D eigenvalue weighted by atomic mass is 10.0. The first-order valence-electron chi connectivity index (χ1n) is 6.52. The van der Waals surface area contributed by atoms with Crippen molar-refractivity contribution in [3.05, 3.63) is 45.6 Å². The fraction of sp³-hybridized carbons (Fsp3) is 0.267. The molecule has 2 heterocycles. The van der Waals surface area contributed by atoms with Gasteiger partial charge in [0, 0.05) is 23.7 Å². The lowest BCUT2D eigenvalue weighted by Crippen LogP contribution is -2.23. The van der Waals surface area contributed by atoms with E-state index < -0.39 is 0 Å². The highest BCUT2D eigenvalue weighted by Gasteiger charge is 2.12. The number of rotatable bonds is 3. The van der Waals surface area contributed by atoms with Gasteiger partial charge in [-0.05, 0) is 36.2 Å². The van der Waals surface area contributed by atoms with Gasteiger partial charge in [0.05, 0.1) is 12.0 Å². The standard InChI is InChI=1S/C15H16N2O2S.ClH/c1-19-13-7-14(20-9-13)15(18)17-12-3-2-10-4-5-16-8-11(10)6-12;/h2-3,6-7,9,16H,4-5,8H2,1H3,(H,17,18);1H. The van der Waals surface area contributed by atoms with E-state index in [9.17, 15) is 4.79 Å². The molecule has 0 unspecified atom stereocenters. The zero-order valence-corrected chi connectivity index (χ0v) is 13.3. The predicted octanol–water partition coefficient (Wildman–Crippen LogP) is 3.08. The number of carbonyl (C=O) groups excluding carboxylic acids is 1. The molecule has 0 saturated carbocycles. The molecule has 3 rings (SSSR count). The summed E-state index contributed by atoms with van der Waals surface area (Å²) in [7, 11) is 1.60. The molecule has 0 fully saturated rings. The second-order valence-electron chi connectivity index (χ2n) is 4.72. The predicted molar refractivity (Wildman–Crippen MR) is 87.9 cm³/mol. The van der Waals surface area contributed by atoms with E-state index in [-0.39, 0.29) is 18.3 Å². The Hall–Kier alpha value is -1.56. The molecule has 1 amide bonds. The lowest BCUT2D eigenvalue weighted by molar-refractivity contribution is 0.103. The fourth-order valence-corrected chi connectivity index (χ4v) is 3.05. The van der Waals surface area contributed by atoms with Crippen LogP contribution in [0.5, 0.6) is 5.75 Å². The van der Waals surface area contributed by atoms with E-state index in [4.69, 9.17) is 4.74 Å². The van der Waals surface area contributed by atoms with Crippen LogP contribution in [-0.2, 0) is 13.0 Å². The SMILES string of the molecule is COc1csc(C(=O)Nc2ccc3c(c2)CNCC3)c1.Cl. The molecule has 1 aromatic heterocycles. The van der Waals surface area contributed by atoms with Crippen LogP contribution in [0.15, 0.2) is 29.6 Å². The van der Waals surface area contributed by atoms with Crippen molar-refractivity contribution in [1.82, 2.24) is 5.32 Å². The quantitative estimate of drug-likeness (QED) is 0.912. The minimum absolute atomic E-state index is 0. The number of thiophene rings is 1. The van der Waals surface area contributed by atoms with E-state index in [0.29, 0.717) is 4.88 Å². The molecule has 0 spiro atoms. The van der Waals surface area contributed by atoms with Crippen LogP contribution in [0.25, 0.3) is 0 Å². The number of halogens is 1. The summed E-state index contributed by atoms with van der Waals surface area (Å²) in [5.74, 6) is 0.622. The summed E-state index contributed by atoms with van der Waals surface area (Å²) in [5.41, 5.74) is 3.46. The Labute approximate surface area is 133 Å². The van der Waals surface area contributed by atoms with Crippen LogP contribution < -0.4 is 15.4 Å². The van der Waals surface area contributed by atoms with Crippen LogP contribution in [0, 0.1) is 0 Å². The van der Waals surface area contributed by atoms with Gasteiger partial charge < -0.3 is 15.4 Å². The van der Waals surface area contributed by atoms with E-state index >= 15 is 0 Å². The van der Waals surface area contributed by atoms with Crippen molar-refractivity contribution in [2.24, 2.45) is 0 Å². The van der Waals surface area contributed by atoms with Crippen molar-refractivity contribution < 1.29 is 9.53 Å². The van der Waals surface area contributed by atoms with Crippen LogP contribution in [0.1, 0.15) is 20.8 Å². The first-order valence-corrected chi connectivity index (χ1v) is 7.40. The third-order valence-electron chi connectivity index (χ3n) is 3.39. The molecule has 21 heavy (non-hydrogen) atoms. The molecule has 2 N–H and O–H groups in total. The number of methoxy groups -OCH3 is 1. The Morgan fingerprint density at radius 3 is 2.95 bits per heavy atom. The van der Waals surface area contributed by atoms with E-state index in [0.717, 1.165) is 30.9 Å². The molecule has 0 radical (unpaired) electrons. The molecule has 112 valence electrons. The van der Waals surface area contributed by atoms with Gasteiger partial charge >= 0.3 is 0 Å². The lowest BCUT2D eigenvalue weighted by Gasteiger charge is -2.18. The molecule has 0 aliphatic carbocycles. The highest BCUT2D eigenvalue weighted by atomic mass is 35.5. The van der Waals surface area contributed by atoms with Gasteiger partial charge in [-0.15, -0.1) is 23.7 Å². The zero-order chi connectivity index (χ0) is 13.9. The summed E-state index contributed by atoms with van der Waals surface area (Å²) in [6.07, 6.45) is 1.05. The van der Waals surface area contributed by atoms with Crippen molar-refractivity contribution in [3.63, 3.8) is 0 Å². The number of carbonyl (C=O) groups is 1. The van der Waals surface area contributed by atoms with Crippen LogP contribution in [0.3, 0.4) is 0 Å². The van der Waals surface area contributed by atoms with Crippen LogP contribution in [0.2, 0.25) is 0 Å². The van der Waals surface area contributed by atoms with E-state index in [1.165, 1.54) is 22.5 Å². The van der Waals surface area contributed by atoms with E-state index in [2.05, 4.69) is 16.7 Å². The third kappa shape index (κ3) is 3.56. The number of fused-ring (bicyclic) bond motifs is 1. The van der Waals surface area contributed by atoms with Crippen LogP contribution in [-0.4, -0.2) is 19.6 Å². The maximum atomic E-state index is 12.1. The fourth-order valence-electron chi connectivity index (χ4n) is 2.30.